The fourth-order valence-corrected chi connectivity index (χ4v) is 3.84. The summed E-state index contributed by atoms with van der Waals surface area (Å²) < 4.78 is 0. The Morgan fingerprint density at radius 3 is 2.65 bits per heavy atom. The highest BCUT2D eigenvalue weighted by Gasteiger charge is 2.20. The number of rotatable bonds is 5. The van der Waals surface area contributed by atoms with E-state index in [9.17, 15) is 0 Å². The third-order valence-corrected chi connectivity index (χ3v) is 5.19. The summed E-state index contributed by atoms with van der Waals surface area (Å²) in [6, 6.07) is 10.5. The molecule has 1 unspecified atom stereocenters. The van der Waals surface area contributed by atoms with Crippen LogP contribution < -0.4 is 5.32 Å². The van der Waals surface area contributed by atoms with E-state index in [1.54, 1.807) is 11.1 Å². The van der Waals surface area contributed by atoms with Gasteiger partial charge in [0.2, 0.25) is 0 Å². The number of hydrogen-bond acceptors (Lipinski definition) is 2. The number of aryl methyl sites for hydroxylation is 1. The molecule has 2 aliphatic carbocycles. The Labute approximate surface area is 123 Å². The molecule has 1 aromatic rings. The number of nitrogens with zero attached hydrogens (tertiary/aromatic N) is 1. The molecule has 0 heterocycles. The van der Waals surface area contributed by atoms with E-state index in [1.807, 2.05) is 0 Å². The van der Waals surface area contributed by atoms with Gasteiger partial charge >= 0.3 is 0 Å². The van der Waals surface area contributed by atoms with Crippen LogP contribution in [0.25, 0.3) is 0 Å². The van der Waals surface area contributed by atoms with Gasteiger partial charge in [-0.2, -0.15) is 0 Å². The van der Waals surface area contributed by atoms with Crippen LogP contribution in [0.4, 0.5) is 0 Å². The molecular weight excluding hydrogens is 244 g/mol. The zero-order chi connectivity index (χ0) is 13.8. The van der Waals surface area contributed by atoms with E-state index in [2.05, 4.69) is 41.5 Å². The van der Waals surface area contributed by atoms with Gasteiger partial charge in [0.05, 0.1) is 0 Å². The third kappa shape index (κ3) is 3.42. The molecule has 0 bridgehead atoms. The molecule has 1 aromatic carbocycles. The Balaban J connectivity index is 1.41. The molecule has 0 saturated heterocycles. The van der Waals surface area contributed by atoms with Crippen molar-refractivity contribution >= 4 is 0 Å². The van der Waals surface area contributed by atoms with Gasteiger partial charge in [0.25, 0.3) is 0 Å². The van der Waals surface area contributed by atoms with Crippen molar-refractivity contribution in [3.8, 4) is 0 Å². The van der Waals surface area contributed by atoms with Crippen LogP contribution >= 0.6 is 0 Å². The molecule has 0 spiro atoms. The smallest absolute Gasteiger partial charge is 0.0111 e. The average Bonchev–Trinajstić information content (AvgIpc) is 3.01. The van der Waals surface area contributed by atoms with Crippen LogP contribution in [0.5, 0.6) is 0 Å². The largest absolute Gasteiger partial charge is 0.312 e. The van der Waals surface area contributed by atoms with Crippen LogP contribution in [0, 0.1) is 0 Å². The molecule has 3 rings (SSSR count). The van der Waals surface area contributed by atoms with Crippen LogP contribution in [0.15, 0.2) is 24.3 Å². The lowest BCUT2D eigenvalue weighted by molar-refractivity contribution is 0.240. The second kappa shape index (κ2) is 6.73. The molecule has 1 saturated carbocycles. The number of likely N-dealkylation sites (N-methyl/N-ethyl adjacent to an activating group) is 1. The molecule has 2 aliphatic rings. The summed E-state index contributed by atoms with van der Waals surface area (Å²) in [5.41, 5.74) is 3.12. The molecule has 2 heteroatoms. The molecule has 0 aliphatic heterocycles. The quantitative estimate of drug-likeness (QED) is 0.886. The Morgan fingerprint density at radius 2 is 1.85 bits per heavy atom. The van der Waals surface area contributed by atoms with E-state index in [1.165, 1.54) is 51.5 Å². The van der Waals surface area contributed by atoms with Crippen molar-refractivity contribution in [2.75, 3.05) is 20.1 Å². The fraction of sp³-hybridized carbons (Fsp3) is 0.667. The van der Waals surface area contributed by atoms with Gasteiger partial charge in [-0.25, -0.2) is 0 Å². The first kappa shape index (κ1) is 14.1. The second-order valence-corrected chi connectivity index (χ2v) is 6.58. The Kier molecular flexibility index (Phi) is 4.74. The minimum atomic E-state index is 0.682. The van der Waals surface area contributed by atoms with Crippen LogP contribution in [-0.4, -0.2) is 37.1 Å². The number of fused-ring (bicyclic) bond motifs is 1. The summed E-state index contributed by atoms with van der Waals surface area (Å²) in [6.45, 7) is 2.34. The summed E-state index contributed by atoms with van der Waals surface area (Å²) in [5, 5.41) is 3.78. The van der Waals surface area contributed by atoms with Gasteiger partial charge in [0.1, 0.15) is 0 Å². The first-order valence-electron chi connectivity index (χ1n) is 8.33. The predicted octanol–water partition coefficient (Wildman–Crippen LogP) is 3.01. The molecule has 1 N–H and O–H groups in total. The predicted molar refractivity (Wildman–Crippen MR) is 85.1 cm³/mol. The normalized spacial score (nSPS) is 23.2. The zero-order valence-corrected chi connectivity index (χ0v) is 12.8. The summed E-state index contributed by atoms with van der Waals surface area (Å²) in [6.07, 6.45) is 9.43. The van der Waals surface area contributed by atoms with Gasteiger partial charge in [-0.15, -0.1) is 0 Å². The Hall–Kier alpha value is -0.860. The van der Waals surface area contributed by atoms with Crippen molar-refractivity contribution in [3.63, 3.8) is 0 Å². The lowest BCUT2D eigenvalue weighted by Gasteiger charge is -2.28. The maximum atomic E-state index is 3.78. The maximum absolute atomic E-state index is 3.78. The zero-order valence-electron chi connectivity index (χ0n) is 12.8. The van der Waals surface area contributed by atoms with Crippen molar-refractivity contribution in [2.24, 2.45) is 0 Å². The van der Waals surface area contributed by atoms with E-state index in [0.717, 1.165) is 12.6 Å². The monoisotopic (exact) mass is 272 g/mol. The van der Waals surface area contributed by atoms with Gasteiger partial charge in [-0.05, 0) is 50.3 Å². The van der Waals surface area contributed by atoms with Gasteiger partial charge in [0.15, 0.2) is 0 Å². The van der Waals surface area contributed by atoms with Gasteiger partial charge in [-0.1, -0.05) is 37.1 Å². The van der Waals surface area contributed by atoms with E-state index < -0.39 is 0 Å². The number of nitrogens with one attached hydrogen (secondary N) is 1. The molecule has 20 heavy (non-hydrogen) atoms. The van der Waals surface area contributed by atoms with Gasteiger partial charge in [0, 0.05) is 25.2 Å². The van der Waals surface area contributed by atoms with E-state index in [4.69, 9.17) is 0 Å². The van der Waals surface area contributed by atoms with Crippen LogP contribution in [-0.2, 0) is 12.8 Å². The highest BCUT2D eigenvalue weighted by Crippen LogP contribution is 2.22. The van der Waals surface area contributed by atoms with E-state index in [0.29, 0.717) is 6.04 Å². The standard InChI is InChI=1S/C18H28N2/c1-20(18-8-4-5-9-18)13-12-19-17-11-10-15-6-2-3-7-16(15)14-17/h2-3,6-7,17-19H,4-5,8-14H2,1H3. The highest BCUT2D eigenvalue weighted by molar-refractivity contribution is 5.30. The van der Waals surface area contributed by atoms with Crippen LogP contribution in [0.1, 0.15) is 43.2 Å². The fourth-order valence-electron chi connectivity index (χ4n) is 3.84. The molecule has 0 aromatic heterocycles. The van der Waals surface area contributed by atoms with E-state index >= 15 is 0 Å². The summed E-state index contributed by atoms with van der Waals surface area (Å²) in [4.78, 5) is 2.57. The van der Waals surface area contributed by atoms with Crippen molar-refractivity contribution < 1.29 is 0 Å². The second-order valence-electron chi connectivity index (χ2n) is 6.58. The maximum Gasteiger partial charge on any atom is 0.0111 e. The minimum Gasteiger partial charge on any atom is -0.312 e. The van der Waals surface area contributed by atoms with Gasteiger partial charge in [-0.3, -0.25) is 0 Å². The molecular formula is C18H28N2. The Bertz CT molecular complexity index is 423. The van der Waals surface area contributed by atoms with Crippen molar-refractivity contribution in [1.82, 2.24) is 10.2 Å². The molecule has 0 amide bonds. The summed E-state index contributed by atoms with van der Waals surface area (Å²) >= 11 is 0. The summed E-state index contributed by atoms with van der Waals surface area (Å²) in [5.74, 6) is 0. The SMILES string of the molecule is CN(CCNC1CCc2ccccc2C1)C1CCCC1. The molecule has 1 atom stereocenters. The van der Waals surface area contributed by atoms with E-state index in [-0.39, 0.29) is 0 Å². The van der Waals surface area contributed by atoms with Crippen molar-refractivity contribution in [1.29, 1.82) is 0 Å². The lowest BCUT2D eigenvalue weighted by atomic mass is 9.88. The molecule has 0 radical (unpaired) electrons. The number of hydrogen-bond donors (Lipinski definition) is 1. The van der Waals surface area contributed by atoms with Gasteiger partial charge < -0.3 is 10.2 Å². The molecule has 1 fully saturated rings. The first-order chi connectivity index (χ1) is 9.83. The molecule has 110 valence electrons. The lowest BCUT2D eigenvalue weighted by Crippen LogP contribution is -2.41. The summed E-state index contributed by atoms with van der Waals surface area (Å²) in [7, 11) is 2.30. The third-order valence-electron chi connectivity index (χ3n) is 5.19. The van der Waals surface area contributed by atoms with Crippen LogP contribution in [0.2, 0.25) is 0 Å². The first-order valence-corrected chi connectivity index (χ1v) is 8.33. The average molecular weight is 272 g/mol. The van der Waals surface area contributed by atoms with Crippen molar-refractivity contribution in [3.05, 3.63) is 35.4 Å². The minimum absolute atomic E-state index is 0.682. The topological polar surface area (TPSA) is 15.3 Å². The highest BCUT2D eigenvalue weighted by atomic mass is 15.1. The Morgan fingerprint density at radius 1 is 1.10 bits per heavy atom. The van der Waals surface area contributed by atoms with Crippen LogP contribution in [0.3, 0.4) is 0 Å². The number of benzene rings is 1. The van der Waals surface area contributed by atoms with Crippen molar-refractivity contribution in [2.45, 2.75) is 57.0 Å². The molecule has 2 nitrogen and oxygen atoms in total.